The van der Waals surface area contributed by atoms with Gasteiger partial charge in [0.1, 0.15) is 24.0 Å². The van der Waals surface area contributed by atoms with Crippen LogP contribution in [0.3, 0.4) is 0 Å². The summed E-state index contributed by atoms with van der Waals surface area (Å²) in [4.78, 5) is 39.6. The molecule has 9 nitrogen and oxygen atoms in total. The fraction of sp³-hybridized carbons (Fsp3) is 0.300. The lowest BCUT2D eigenvalue weighted by atomic mass is 10.2. The number of hydroxylamine groups is 1. The Morgan fingerprint density at radius 1 is 1.35 bits per heavy atom. The minimum atomic E-state index is -0.209. The maximum Gasteiger partial charge on any atom is 0.264 e. The highest BCUT2D eigenvalue weighted by molar-refractivity contribution is 8.18. The predicted octanol–water partition coefficient (Wildman–Crippen LogP) is 2.46. The molecule has 2 aromatic rings. The van der Waals surface area contributed by atoms with Crippen LogP contribution in [0.5, 0.6) is 5.75 Å². The fourth-order valence-electron chi connectivity index (χ4n) is 2.50. The summed E-state index contributed by atoms with van der Waals surface area (Å²) in [6.07, 6.45) is 3.86. The molecule has 1 fully saturated rings. The normalized spacial score (nSPS) is 16.2. The molecular formula is C20H23N5O4S2. The van der Waals surface area contributed by atoms with Gasteiger partial charge in [-0.25, -0.2) is 15.5 Å². The first-order valence-electron chi connectivity index (χ1n) is 9.38. The van der Waals surface area contributed by atoms with Crippen molar-refractivity contribution < 1.29 is 19.2 Å². The molecule has 1 aromatic carbocycles. The smallest absolute Gasteiger partial charge is 0.264 e. The number of thiazole rings is 1. The molecule has 0 radical (unpaired) electrons. The summed E-state index contributed by atoms with van der Waals surface area (Å²) in [5.41, 5.74) is 3.84. The summed E-state index contributed by atoms with van der Waals surface area (Å²) < 4.78 is 5.75. The van der Waals surface area contributed by atoms with Crippen LogP contribution in [-0.2, 0) is 21.0 Å². The lowest BCUT2D eigenvalue weighted by Gasteiger charge is -2.12. The van der Waals surface area contributed by atoms with Crippen LogP contribution in [0.1, 0.15) is 15.4 Å². The second-order valence-corrected chi connectivity index (χ2v) is 8.94. The van der Waals surface area contributed by atoms with Gasteiger partial charge in [-0.15, -0.1) is 11.3 Å². The van der Waals surface area contributed by atoms with E-state index in [1.54, 1.807) is 12.3 Å². The third kappa shape index (κ3) is 6.89. The molecule has 2 N–H and O–H groups in total. The number of amidine groups is 1. The Morgan fingerprint density at radius 3 is 2.94 bits per heavy atom. The molecular weight excluding hydrogens is 438 g/mol. The van der Waals surface area contributed by atoms with Crippen LogP contribution in [0, 0.1) is 6.92 Å². The lowest BCUT2D eigenvalue weighted by molar-refractivity contribution is -0.121. The second-order valence-electron chi connectivity index (χ2n) is 6.76. The quantitative estimate of drug-likeness (QED) is 0.242. The Morgan fingerprint density at radius 2 is 2.19 bits per heavy atom. The molecule has 1 aromatic heterocycles. The molecule has 1 aliphatic heterocycles. The molecule has 1 aliphatic rings. The minimum Gasteiger partial charge on any atom is -0.492 e. The molecule has 0 spiro atoms. The Hall–Kier alpha value is -2.73. The average Bonchev–Trinajstić information content (AvgIpc) is 3.30. The first kappa shape index (κ1) is 22.9. The van der Waals surface area contributed by atoms with Crippen molar-refractivity contribution in [2.75, 3.05) is 27.2 Å². The van der Waals surface area contributed by atoms with Crippen LogP contribution in [0.4, 0.5) is 5.69 Å². The van der Waals surface area contributed by atoms with Crippen LogP contribution in [0.25, 0.3) is 6.08 Å². The first-order chi connectivity index (χ1) is 14.9. The number of nitrogens with zero attached hydrogens (tertiary/aromatic N) is 3. The molecule has 2 heterocycles. The number of ether oxygens (including phenoxy) is 1. The van der Waals surface area contributed by atoms with Gasteiger partial charge in [-0.2, -0.15) is 0 Å². The van der Waals surface area contributed by atoms with E-state index in [4.69, 9.17) is 9.57 Å². The van der Waals surface area contributed by atoms with Crippen molar-refractivity contribution in [3.63, 3.8) is 0 Å². The largest absolute Gasteiger partial charge is 0.492 e. The molecule has 0 unspecified atom stereocenters. The lowest BCUT2D eigenvalue weighted by Crippen LogP contribution is -2.19. The highest BCUT2D eigenvalue weighted by Crippen LogP contribution is 2.31. The molecule has 3 rings (SSSR count). The van der Waals surface area contributed by atoms with Crippen molar-refractivity contribution in [2.24, 2.45) is 4.99 Å². The zero-order valence-electron chi connectivity index (χ0n) is 17.4. The number of carbonyl (C=O) groups excluding carboxylic acids is 2. The van der Waals surface area contributed by atoms with E-state index in [9.17, 15) is 9.59 Å². The molecule has 2 amide bonds. The number of aryl methyl sites for hydroxylation is 1. The first-order valence-corrected chi connectivity index (χ1v) is 11.0. The summed E-state index contributed by atoms with van der Waals surface area (Å²) in [6, 6.07) is 5.69. The number of aliphatic imine (C=N–C) groups is 1. The van der Waals surface area contributed by atoms with E-state index < -0.39 is 0 Å². The van der Waals surface area contributed by atoms with Crippen LogP contribution < -0.4 is 15.5 Å². The summed E-state index contributed by atoms with van der Waals surface area (Å²) in [5.74, 6) is 0.583. The van der Waals surface area contributed by atoms with E-state index in [0.29, 0.717) is 28.1 Å². The standard InChI is InChI=1S/C20H23N5O4S2/c1-13-8-14(28-7-6-25(2)3)4-5-16(13)23-20-24-19(27)17(31-20)9-15-10-21-18(30-15)11-29-22-12-26/h4-5,8-10,12H,6-7,11H2,1-3H3,(H,22,26)(H,23,24,27)/b17-9-. The van der Waals surface area contributed by atoms with Gasteiger partial charge in [0.05, 0.1) is 10.6 Å². The van der Waals surface area contributed by atoms with E-state index in [1.165, 1.54) is 23.1 Å². The van der Waals surface area contributed by atoms with Crippen molar-refractivity contribution in [3.05, 3.63) is 44.7 Å². The number of hydrogen-bond acceptors (Lipinski definition) is 9. The van der Waals surface area contributed by atoms with Gasteiger partial charge >= 0.3 is 0 Å². The number of amides is 2. The van der Waals surface area contributed by atoms with Crippen LogP contribution in [0.15, 0.2) is 34.3 Å². The van der Waals surface area contributed by atoms with E-state index >= 15 is 0 Å². The number of aromatic nitrogens is 1. The monoisotopic (exact) mass is 461 g/mol. The minimum absolute atomic E-state index is 0.159. The van der Waals surface area contributed by atoms with Gasteiger partial charge < -0.3 is 15.0 Å². The third-order valence-corrected chi connectivity index (χ3v) is 5.85. The van der Waals surface area contributed by atoms with Gasteiger partial charge in [0.2, 0.25) is 6.41 Å². The zero-order valence-corrected chi connectivity index (χ0v) is 19.0. The van der Waals surface area contributed by atoms with Crippen molar-refractivity contribution in [3.8, 4) is 5.75 Å². The molecule has 0 saturated carbocycles. The highest BCUT2D eigenvalue weighted by Gasteiger charge is 2.24. The van der Waals surface area contributed by atoms with Gasteiger partial charge in [0, 0.05) is 17.6 Å². The molecule has 164 valence electrons. The molecule has 1 saturated heterocycles. The Bertz CT molecular complexity index is 1000. The number of thioether (sulfide) groups is 1. The molecule has 0 aliphatic carbocycles. The predicted molar refractivity (Wildman–Crippen MR) is 122 cm³/mol. The SMILES string of the molecule is Cc1cc(OCCN(C)C)ccc1N=C1NC(=O)/C(=C/c2cnc(CONC=O)s2)S1. The third-order valence-electron chi connectivity index (χ3n) is 4.02. The maximum absolute atomic E-state index is 12.3. The van der Waals surface area contributed by atoms with Gasteiger partial charge in [-0.05, 0) is 62.6 Å². The highest BCUT2D eigenvalue weighted by atomic mass is 32.2. The van der Waals surface area contributed by atoms with Crippen LogP contribution >= 0.6 is 23.1 Å². The summed E-state index contributed by atoms with van der Waals surface area (Å²) in [5, 5.41) is 3.99. The van der Waals surface area contributed by atoms with Crippen molar-refractivity contribution >= 4 is 52.3 Å². The van der Waals surface area contributed by atoms with Crippen molar-refractivity contribution in [1.29, 1.82) is 0 Å². The topological polar surface area (TPSA) is 105 Å². The molecule has 0 bridgehead atoms. The van der Waals surface area contributed by atoms with E-state index in [2.05, 4.69) is 25.7 Å². The van der Waals surface area contributed by atoms with Gasteiger partial charge in [-0.1, -0.05) is 0 Å². The van der Waals surface area contributed by atoms with Gasteiger partial charge in [0.25, 0.3) is 5.91 Å². The van der Waals surface area contributed by atoms with Gasteiger partial charge in [-0.3, -0.25) is 14.4 Å². The number of nitrogens with one attached hydrogen (secondary N) is 2. The van der Waals surface area contributed by atoms with Gasteiger partial charge in [0.15, 0.2) is 5.17 Å². The number of likely N-dealkylation sites (N-methyl/N-ethyl adjacent to an activating group) is 1. The Balaban J connectivity index is 1.64. The maximum atomic E-state index is 12.3. The second kappa shape index (κ2) is 11.0. The number of rotatable bonds is 10. The Kier molecular flexibility index (Phi) is 8.18. The van der Waals surface area contributed by atoms with Crippen LogP contribution in [-0.4, -0.2) is 54.6 Å². The zero-order chi connectivity index (χ0) is 22.2. The number of hydrogen-bond donors (Lipinski definition) is 2. The summed E-state index contributed by atoms with van der Waals surface area (Å²) in [6.45, 7) is 3.56. The van der Waals surface area contributed by atoms with Crippen molar-refractivity contribution in [1.82, 2.24) is 20.7 Å². The number of carbonyl (C=O) groups is 2. The number of benzene rings is 1. The Labute approximate surface area is 188 Å². The average molecular weight is 462 g/mol. The molecule has 0 atom stereocenters. The van der Waals surface area contributed by atoms with Crippen molar-refractivity contribution in [2.45, 2.75) is 13.5 Å². The van der Waals surface area contributed by atoms with E-state index in [1.807, 2.05) is 39.2 Å². The molecule has 11 heteroatoms. The van der Waals surface area contributed by atoms with Crippen LogP contribution in [0.2, 0.25) is 0 Å². The van der Waals surface area contributed by atoms with E-state index in [-0.39, 0.29) is 12.5 Å². The molecule has 31 heavy (non-hydrogen) atoms. The summed E-state index contributed by atoms with van der Waals surface area (Å²) >= 11 is 2.64. The summed E-state index contributed by atoms with van der Waals surface area (Å²) in [7, 11) is 4.00. The van der Waals surface area contributed by atoms with E-state index in [0.717, 1.165) is 28.4 Å². The fourth-order valence-corrected chi connectivity index (χ4v) is 4.18.